The largest absolute Gasteiger partial charge is 0.368 e. The maximum Gasteiger partial charge on any atom is 0.243 e. The van der Waals surface area contributed by atoms with Crippen LogP contribution in [0.2, 0.25) is 5.02 Å². The number of hydrogen-bond acceptors (Lipinski definition) is 4. The molecule has 2 atom stereocenters. The number of carbonyl (C=O) groups is 1. The quantitative estimate of drug-likeness (QED) is 0.415. The Bertz CT molecular complexity index is 1470. The zero-order valence-electron chi connectivity index (χ0n) is 22.8. The van der Waals surface area contributed by atoms with Crippen molar-refractivity contribution in [1.82, 2.24) is 9.21 Å². The monoisotopic (exact) mass is 565 g/mol. The molecular formula is C31H36ClN3O3S. The number of hydrogen-bond donors (Lipinski definition) is 0. The van der Waals surface area contributed by atoms with Crippen molar-refractivity contribution < 1.29 is 13.2 Å². The second-order valence-electron chi connectivity index (χ2n) is 10.8. The molecule has 0 aliphatic carbocycles. The van der Waals surface area contributed by atoms with Crippen LogP contribution in [-0.2, 0) is 14.8 Å². The Labute approximate surface area is 237 Å². The molecule has 3 aromatic carbocycles. The van der Waals surface area contributed by atoms with Gasteiger partial charge in [-0.15, -0.1) is 0 Å². The van der Waals surface area contributed by atoms with Gasteiger partial charge in [-0.3, -0.25) is 4.79 Å². The van der Waals surface area contributed by atoms with Gasteiger partial charge in [0.25, 0.3) is 0 Å². The van der Waals surface area contributed by atoms with Gasteiger partial charge in [0.15, 0.2) is 0 Å². The van der Waals surface area contributed by atoms with Crippen molar-refractivity contribution >= 4 is 33.2 Å². The highest BCUT2D eigenvalue weighted by atomic mass is 35.5. The number of anilines is 1. The number of rotatable bonds is 5. The van der Waals surface area contributed by atoms with Gasteiger partial charge < -0.3 is 9.80 Å². The molecule has 5 rings (SSSR count). The third kappa shape index (κ3) is 5.72. The van der Waals surface area contributed by atoms with Crippen LogP contribution in [0.4, 0.5) is 5.69 Å². The molecule has 0 spiro atoms. The van der Waals surface area contributed by atoms with E-state index in [1.807, 2.05) is 17.0 Å². The maximum atomic E-state index is 14.1. The fourth-order valence-corrected chi connectivity index (χ4v) is 7.79. The van der Waals surface area contributed by atoms with Gasteiger partial charge >= 0.3 is 0 Å². The second-order valence-corrected chi connectivity index (χ2v) is 13.2. The van der Waals surface area contributed by atoms with Gasteiger partial charge in [-0.2, -0.15) is 4.31 Å². The Morgan fingerprint density at radius 1 is 0.846 bits per heavy atom. The van der Waals surface area contributed by atoms with Crippen LogP contribution in [0.5, 0.6) is 0 Å². The summed E-state index contributed by atoms with van der Waals surface area (Å²) < 4.78 is 28.7. The van der Waals surface area contributed by atoms with Crippen LogP contribution in [0.25, 0.3) is 0 Å². The predicted octanol–water partition coefficient (Wildman–Crippen LogP) is 5.41. The summed E-state index contributed by atoms with van der Waals surface area (Å²) in [5, 5.41) is 0.375. The van der Waals surface area contributed by atoms with Crippen molar-refractivity contribution in [3.05, 3.63) is 94.0 Å². The standard InChI is InChI=1S/C31H36ClN3O3S/c1-22-11-12-24(3)30(19-22)33-15-17-34(18-16-33)31(36)29-21-35(39(37,38)26-9-6-8-25(32)20-26)14-13-28(29)27-10-5-4-7-23(27)2/h4-12,19-20,28-29H,13-18,21H2,1-3H3. The second kappa shape index (κ2) is 11.3. The molecule has 0 bridgehead atoms. The Morgan fingerprint density at radius 3 is 2.31 bits per heavy atom. The fourth-order valence-electron chi connectivity index (χ4n) is 6.00. The number of nitrogens with zero attached hydrogens (tertiary/aromatic N) is 3. The average molecular weight is 566 g/mol. The van der Waals surface area contributed by atoms with E-state index < -0.39 is 15.9 Å². The average Bonchev–Trinajstić information content (AvgIpc) is 2.94. The maximum absolute atomic E-state index is 14.1. The number of aryl methyl sites for hydroxylation is 3. The van der Waals surface area contributed by atoms with Crippen molar-refractivity contribution in [1.29, 1.82) is 0 Å². The van der Waals surface area contributed by atoms with Gasteiger partial charge in [-0.05, 0) is 79.6 Å². The lowest BCUT2D eigenvalue weighted by atomic mass is 9.78. The van der Waals surface area contributed by atoms with E-state index in [-0.39, 0.29) is 23.3 Å². The summed E-state index contributed by atoms with van der Waals surface area (Å²) in [4.78, 5) is 18.6. The molecule has 2 saturated heterocycles. The number of piperazine rings is 1. The van der Waals surface area contributed by atoms with Crippen LogP contribution >= 0.6 is 11.6 Å². The lowest BCUT2D eigenvalue weighted by molar-refractivity contribution is -0.137. The smallest absolute Gasteiger partial charge is 0.243 e. The van der Waals surface area contributed by atoms with E-state index >= 15 is 0 Å². The third-order valence-electron chi connectivity index (χ3n) is 8.21. The number of benzene rings is 3. The van der Waals surface area contributed by atoms with Crippen molar-refractivity contribution in [2.24, 2.45) is 5.92 Å². The Kier molecular flexibility index (Phi) is 8.04. The Hall–Kier alpha value is -2.87. The normalized spacial score (nSPS) is 20.7. The first-order valence-electron chi connectivity index (χ1n) is 13.6. The van der Waals surface area contributed by atoms with Gasteiger partial charge in [-0.25, -0.2) is 8.42 Å². The number of amides is 1. The summed E-state index contributed by atoms with van der Waals surface area (Å²) >= 11 is 6.12. The van der Waals surface area contributed by atoms with Crippen LogP contribution in [-0.4, -0.2) is 62.8 Å². The topological polar surface area (TPSA) is 60.9 Å². The van der Waals surface area contributed by atoms with Crippen LogP contribution in [0.15, 0.2) is 71.6 Å². The summed E-state index contributed by atoms with van der Waals surface area (Å²) in [5.41, 5.74) is 5.93. The van der Waals surface area contributed by atoms with E-state index in [0.717, 1.165) is 24.2 Å². The van der Waals surface area contributed by atoms with Gasteiger partial charge in [0.2, 0.25) is 15.9 Å². The molecule has 206 valence electrons. The Morgan fingerprint density at radius 2 is 1.59 bits per heavy atom. The first-order valence-corrected chi connectivity index (χ1v) is 15.4. The molecule has 3 aromatic rings. The van der Waals surface area contributed by atoms with Crippen LogP contribution in [0.1, 0.15) is 34.6 Å². The number of halogens is 1. The molecule has 6 nitrogen and oxygen atoms in total. The van der Waals surface area contributed by atoms with Gasteiger partial charge in [0, 0.05) is 50.0 Å². The molecule has 2 fully saturated rings. The highest BCUT2D eigenvalue weighted by Gasteiger charge is 2.42. The van der Waals surface area contributed by atoms with E-state index in [9.17, 15) is 13.2 Å². The summed E-state index contributed by atoms with van der Waals surface area (Å²) in [6, 6.07) is 21.0. The minimum Gasteiger partial charge on any atom is -0.368 e. The van der Waals surface area contributed by atoms with E-state index in [0.29, 0.717) is 31.1 Å². The molecule has 2 aliphatic heterocycles. The van der Waals surface area contributed by atoms with Crippen molar-refractivity contribution in [3.8, 4) is 0 Å². The van der Waals surface area contributed by atoms with E-state index in [2.05, 4.69) is 56.0 Å². The lowest BCUT2D eigenvalue weighted by Crippen LogP contribution is -2.54. The predicted molar refractivity (Wildman–Crippen MR) is 157 cm³/mol. The van der Waals surface area contributed by atoms with Gasteiger partial charge in [-0.1, -0.05) is 54.1 Å². The highest BCUT2D eigenvalue weighted by molar-refractivity contribution is 7.89. The van der Waals surface area contributed by atoms with Crippen LogP contribution < -0.4 is 4.90 Å². The molecule has 2 aliphatic rings. The van der Waals surface area contributed by atoms with Crippen LogP contribution in [0.3, 0.4) is 0 Å². The molecule has 0 N–H and O–H groups in total. The molecule has 2 unspecified atom stereocenters. The zero-order valence-corrected chi connectivity index (χ0v) is 24.4. The fraction of sp³-hybridized carbons (Fsp3) is 0.387. The SMILES string of the molecule is Cc1ccc(C)c(N2CCN(C(=O)C3CN(S(=O)(=O)c4cccc(Cl)c4)CCC3c3ccccc3C)CC2)c1. The summed E-state index contributed by atoms with van der Waals surface area (Å²) in [5.74, 6) is -0.461. The molecule has 0 aromatic heterocycles. The molecule has 1 amide bonds. The molecular weight excluding hydrogens is 530 g/mol. The Balaban J connectivity index is 1.39. The van der Waals surface area contributed by atoms with E-state index in [1.165, 1.54) is 27.2 Å². The summed E-state index contributed by atoms with van der Waals surface area (Å²) in [6.45, 7) is 9.53. The van der Waals surface area contributed by atoms with Gasteiger partial charge in [0.1, 0.15) is 0 Å². The van der Waals surface area contributed by atoms with Crippen molar-refractivity contribution in [2.75, 3.05) is 44.2 Å². The third-order valence-corrected chi connectivity index (χ3v) is 10.3. The molecule has 8 heteroatoms. The molecule has 0 radical (unpaired) electrons. The first kappa shape index (κ1) is 27.7. The van der Waals surface area contributed by atoms with Crippen LogP contribution in [0, 0.1) is 26.7 Å². The molecule has 2 heterocycles. The van der Waals surface area contributed by atoms with Gasteiger partial charge in [0.05, 0.1) is 10.8 Å². The molecule has 39 heavy (non-hydrogen) atoms. The van der Waals surface area contributed by atoms with E-state index in [4.69, 9.17) is 11.6 Å². The minimum atomic E-state index is -3.78. The summed E-state index contributed by atoms with van der Waals surface area (Å²) in [7, 11) is -3.78. The highest BCUT2D eigenvalue weighted by Crippen LogP contribution is 2.38. The van der Waals surface area contributed by atoms with Crippen molar-refractivity contribution in [3.63, 3.8) is 0 Å². The number of carbonyl (C=O) groups excluding carboxylic acids is 1. The number of sulfonamides is 1. The number of piperidine rings is 1. The van der Waals surface area contributed by atoms with Crippen molar-refractivity contribution in [2.45, 2.75) is 38.0 Å². The first-order chi connectivity index (χ1) is 18.6. The van der Waals surface area contributed by atoms with E-state index in [1.54, 1.807) is 18.2 Å². The zero-order chi connectivity index (χ0) is 27.7. The lowest BCUT2D eigenvalue weighted by Gasteiger charge is -2.42. The summed E-state index contributed by atoms with van der Waals surface area (Å²) in [6.07, 6.45) is 0.587. The minimum absolute atomic E-state index is 0.0369. The molecule has 0 saturated carbocycles.